The summed E-state index contributed by atoms with van der Waals surface area (Å²) in [5, 5.41) is 12.1. The molecule has 168 valence electrons. The lowest BCUT2D eigenvalue weighted by Crippen LogP contribution is -2.49. The molecule has 0 saturated carbocycles. The number of likely N-dealkylation sites (tertiary alicyclic amines) is 1. The Morgan fingerprint density at radius 2 is 1.75 bits per heavy atom. The number of carbonyl (C=O) groups is 3. The van der Waals surface area contributed by atoms with Gasteiger partial charge in [0, 0.05) is 24.3 Å². The Morgan fingerprint density at radius 1 is 1.12 bits per heavy atom. The number of amides is 2. The number of ether oxygens (including phenoxy) is 1. The lowest BCUT2D eigenvalue weighted by Gasteiger charge is -2.23. The van der Waals surface area contributed by atoms with Crippen LogP contribution in [0.5, 0.6) is 0 Å². The number of alkyl carbamates (subject to hydrolysis) is 1. The van der Waals surface area contributed by atoms with Crippen LogP contribution in [0.3, 0.4) is 0 Å². The van der Waals surface area contributed by atoms with E-state index in [-0.39, 0.29) is 18.4 Å². The average Bonchev–Trinajstić information content (AvgIpc) is 3.39. The first-order valence-corrected chi connectivity index (χ1v) is 11.9. The lowest BCUT2D eigenvalue weighted by molar-refractivity contribution is -0.142. The summed E-state index contributed by atoms with van der Waals surface area (Å²) in [7, 11) is 0. The zero-order chi connectivity index (χ0) is 22.7. The minimum Gasteiger partial charge on any atom is -0.481 e. The van der Waals surface area contributed by atoms with Crippen LogP contribution in [0.15, 0.2) is 48.5 Å². The number of benzene rings is 2. The first-order valence-electron chi connectivity index (χ1n) is 10.6. The van der Waals surface area contributed by atoms with E-state index in [1.807, 2.05) is 54.8 Å². The van der Waals surface area contributed by atoms with Crippen molar-refractivity contribution < 1.29 is 24.2 Å². The van der Waals surface area contributed by atoms with Crippen molar-refractivity contribution in [1.82, 2.24) is 10.2 Å². The number of carboxylic acids is 1. The van der Waals surface area contributed by atoms with Gasteiger partial charge in [-0.3, -0.25) is 9.59 Å². The molecular weight excluding hydrogens is 428 g/mol. The summed E-state index contributed by atoms with van der Waals surface area (Å²) >= 11 is 1.68. The molecule has 1 aliphatic carbocycles. The maximum Gasteiger partial charge on any atom is 0.407 e. The van der Waals surface area contributed by atoms with Crippen molar-refractivity contribution in [2.24, 2.45) is 0 Å². The lowest BCUT2D eigenvalue weighted by atomic mass is 9.98. The number of nitrogens with one attached hydrogen (secondary N) is 1. The van der Waals surface area contributed by atoms with E-state index in [9.17, 15) is 19.5 Å². The molecule has 1 heterocycles. The van der Waals surface area contributed by atoms with Crippen LogP contribution >= 0.6 is 11.8 Å². The Balaban J connectivity index is 1.42. The second-order valence-electron chi connectivity index (χ2n) is 8.05. The first kappa shape index (κ1) is 22.2. The summed E-state index contributed by atoms with van der Waals surface area (Å²) in [5.74, 6) is -1.64. The van der Waals surface area contributed by atoms with Crippen molar-refractivity contribution in [3.63, 3.8) is 0 Å². The molecule has 2 aliphatic rings. The molecule has 1 aliphatic heterocycles. The molecule has 2 aromatic rings. The molecule has 0 spiro atoms. The van der Waals surface area contributed by atoms with Crippen LogP contribution in [0.25, 0.3) is 11.1 Å². The molecule has 4 rings (SSSR count). The Kier molecular flexibility index (Phi) is 6.69. The van der Waals surface area contributed by atoms with Crippen molar-refractivity contribution in [3.05, 3.63) is 59.7 Å². The van der Waals surface area contributed by atoms with Crippen molar-refractivity contribution in [2.75, 3.05) is 26.0 Å². The van der Waals surface area contributed by atoms with Crippen LogP contribution in [-0.4, -0.2) is 65.2 Å². The summed E-state index contributed by atoms with van der Waals surface area (Å²) in [6.07, 6.45) is 1.58. The molecule has 0 aromatic heterocycles. The SMILES string of the molecule is CSC1CCN(C(=O)C(CC(=O)O)NC(=O)OCC2c3ccccc3-c3ccccc32)C1. The predicted octanol–water partition coefficient (Wildman–Crippen LogP) is 3.33. The van der Waals surface area contributed by atoms with Gasteiger partial charge in [0.05, 0.1) is 6.42 Å². The monoisotopic (exact) mass is 454 g/mol. The standard InChI is InChI=1S/C24H26N2O5S/c1-32-15-10-11-26(13-15)23(29)21(12-22(27)28)25-24(30)31-14-20-18-8-4-2-6-16(18)17-7-3-5-9-19(17)20/h2-9,15,20-21H,10-14H2,1H3,(H,25,30)(H,27,28). The van der Waals surface area contributed by atoms with Gasteiger partial charge < -0.3 is 20.1 Å². The highest BCUT2D eigenvalue weighted by Gasteiger charge is 2.34. The van der Waals surface area contributed by atoms with Crippen molar-refractivity contribution in [3.8, 4) is 11.1 Å². The van der Waals surface area contributed by atoms with Gasteiger partial charge in [-0.05, 0) is 34.9 Å². The van der Waals surface area contributed by atoms with Crippen LogP contribution in [-0.2, 0) is 14.3 Å². The molecule has 2 atom stereocenters. The van der Waals surface area contributed by atoms with E-state index < -0.39 is 24.5 Å². The number of thioether (sulfide) groups is 1. The fourth-order valence-corrected chi connectivity index (χ4v) is 5.17. The van der Waals surface area contributed by atoms with Gasteiger partial charge >= 0.3 is 12.1 Å². The molecule has 2 amide bonds. The Bertz CT molecular complexity index is 981. The van der Waals surface area contributed by atoms with E-state index in [1.165, 1.54) is 0 Å². The van der Waals surface area contributed by atoms with Gasteiger partial charge in [0.25, 0.3) is 0 Å². The number of nitrogens with zero attached hydrogens (tertiary/aromatic N) is 1. The van der Waals surface area contributed by atoms with Gasteiger partial charge in [-0.25, -0.2) is 4.79 Å². The number of aliphatic carboxylic acids is 1. The average molecular weight is 455 g/mol. The fraction of sp³-hybridized carbons (Fsp3) is 0.375. The minimum absolute atomic E-state index is 0.103. The van der Waals surface area contributed by atoms with Crippen molar-refractivity contribution in [2.45, 2.75) is 30.1 Å². The molecule has 2 unspecified atom stereocenters. The molecule has 0 radical (unpaired) electrons. The number of rotatable bonds is 7. The molecule has 2 N–H and O–H groups in total. The molecule has 8 heteroatoms. The number of carboxylic acid groups (broad SMARTS) is 1. The predicted molar refractivity (Wildman–Crippen MR) is 123 cm³/mol. The van der Waals surface area contributed by atoms with E-state index in [2.05, 4.69) is 5.32 Å². The molecular formula is C24H26N2O5S. The third-order valence-corrected chi connectivity index (χ3v) is 7.15. The van der Waals surface area contributed by atoms with Crippen molar-refractivity contribution in [1.29, 1.82) is 0 Å². The van der Waals surface area contributed by atoms with E-state index in [4.69, 9.17) is 4.74 Å². The topological polar surface area (TPSA) is 95.9 Å². The normalized spacial score (nSPS) is 18.0. The fourth-order valence-electron chi connectivity index (χ4n) is 4.50. The van der Waals surface area contributed by atoms with Gasteiger partial charge in [0.15, 0.2) is 0 Å². The highest BCUT2D eigenvalue weighted by molar-refractivity contribution is 7.99. The molecule has 1 saturated heterocycles. The number of fused-ring (bicyclic) bond motifs is 3. The highest BCUT2D eigenvalue weighted by atomic mass is 32.2. The molecule has 0 bridgehead atoms. The summed E-state index contributed by atoms with van der Waals surface area (Å²) in [5.41, 5.74) is 4.40. The maximum atomic E-state index is 12.8. The van der Waals surface area contributed by atoms with Gasteiger partial charge in [-0.15, -0.1) is 0 Å². The number of hydrogen-bond donors (Lipinski definition) is 2. The Morgan fingerprint density at radius 3 is 2.31 bits per heavy atom. The van der Waals surface area contributed by atoms with Gasteiger partial charge in [0.2, 0.25) is 5.91 Å². The summed E-state index contributed by atoms with van der Waals surface area (Å²) in [6, 6.07) is 14.9. The number of carbonyl (C=O) groups excluding carboxylic acids is 2. The van der Waals surface area contributed by atoms with Gasteiger partial charge in [-0.2, -0.15) is 11.8 Å². The first-order chi connectivity index (χ1) is 15.5. The summed E-state index contributed by atoms with van der Waals surface area (Å²) in [6.45, 7) is 1.22. The highest BCUT2D eigenvalue weighted by Crippen LogP contribution is 2.44. The second kappa shape index (κ2) is 9.65. The molecule has 1 fully saturated rings. The number of hydrogen-bond acceptors (Lipinski definition) is 5. The van der Waals surface area contributed by atoms with Gasteiger partial charge in [0.1, 0.15) is 12.6 Å². The van der Waals surface area contributed by atoms with E-state index >= 15 is 0 Å². The van der Waals surface area contributed by atoms with E-state index in [0.29, 0.717) is 18.3 Å². The minimum atomic E-state index is -1.15. The molecule has 2 aromatic carbocycles. The largest absolute Gasteiger partial charge is 0.481 e. The summed E-state index contributed by atoms with van der Waals surface area (Å²) in [4.78, 5) is 38.3. The van der Waals surface area contributed by atoms with Crippen LogP contribution in [0, 0.1) is 0 Å². The molecule has 32 heavy (non-hydrogen) atoms. The van der Waals surface area contributed by atoms with Crippen LogP contribution in [0.2, 0.25) is 0 Å². The third-order valence-electron chi connectivity index (χ3n) is 6.10. The second-order valence-corrected chi connectivity index (χ2v) is 9.19. The Hall–Kier alpha value is -3.00. The van der Waals surface area contributed by atoms with Crippen LogP contribution in [0.1, 0.15) is 29.9 Å². The Labute approximate surface area is 191 Å². The van der Waals surface area contributed by atoms with Crippen LogP contribution in [0.4, 0.5) is 4.79 Å². The quantitative estimate of drug-likeness (QED) is 0.666. The van der Waals surface area contributed by atoms with Crippen LogP contribution < -0.4 is 5.32 Å². The molecule has 7 nitrogen and oxygen atoms in total. The third kappa shape index (κ3) is 4.60. The summed E-state index contributed by atoms with van der Waals surface area (Å²) < 4.78 is 5.49. The van der Waals surface area contributed by atoms with E-state index in [0.717, 1.165) is 28.7 Å². The smallest absolute Gasteiger partial charge is 0.407 e. The maximum absolute atomic E-state index is 12.8. The zero-order valence-electron chi connectivity index (χ0n) is 17.8. The van der Waals surface area contributed by atoms with E-state index in [1.54, 1.807) is 16.7 Å². The zero-order valence-corrected chi connectivity index (χ0v) is 18.6. The van der Waals surface area contributed by atoms with Crippen molar-refractivity contribution >= 4 is 29.7 Å². The van der Waals surface area contributed by atoms with Gasteiger partial charge in [-0.1, -0.05) is 48.5 Å².